The highest BCUT2D eigenvalue weighted by Crippen LogP contribution is 2.26. The highest BCUT2D eigenvalue weighted by atomic mass is 16.6. The number of benzene rings is 2. The molecule has 0 aliphatic heterocycles. The van der Waals surface area contributed by atoms with E-state index in [1.807, 2.05) is 26.0 Å². The Morgan fingerprint density at radius 1 is 1.11 bits per heavy atom. The number of rotatable bonds is 7. The molecule has 1 amide bonds. The number of carbonyl (C=O) groups excluding carboxylic acids is 2. The van der Waals surface area contributed by atoms with Crippen molar-refractivity contribution < 1.29 is 24.0 Å². The third-order valence-corrected chi connectivity index (χ3v) is 4.11. The Balaban J connectivity index is 2.15. The Morgan fingerprint density at radius 2 is 1.79 bits per heavy atom. The number of carbonyl (C=O) groups is 2. The third-order valence-electron chi connectivity index (χ3n) is 4.11. The highest BCUT2D eigenvalue weighted by molar-refractivity contribution is 5.99. The fourth-order valence-corrected chi connectivity index (χ4v) is 2.60. The predicted octanol–water partition coefficient (Wildman–Crippen LogP) is 3.91. The SMILES string of the molecule is COc1ccc([N+](=O)[O-])cc1C(=O)O[C@@H](C)C(=O)Nc1ccccc1C(C)C. The molecule has 1 N–H and O–H groups in total. The van der Waals surface area contributed by atoms with Crippen LogP contribution in [0.1, 0.15) is 42.6 Å². The van der Waals surface area contributed by atoms with Gasteiger partial charge in [0.05, 0.1) is 12.0 Å². The van der Waals surface area contributed by atoms with E-state index in [9.17, 15) is 19.7 Å². The Kier molecular flexibility index (Phi) is 6.70. The third kappa shape index (κ3) is 4.85. The number of ether oxygens (including phenoxy) is 2. The van der Waals surface area contributed by atoms with E-state index in [2.05, 4.69) is 5.32 Å². The summed E-state index contributed by atoms with van der Waals surface area (Å²) in [5, 5.41) is 13.7. The summed E-state index contributed by atoms with van der Waals surface area (Å²) in [6, 6.07) is 10.9. The minimum absolute atomic E-state index is 0.119. The number of non-ortho nitro benzene ring substituents is 1. The van der Waals surface area contributed by atoms with Crippen molar-refractivity contribution in [3.63, 3.8) is 0 Å². The molecule has 2 rings (SSSR count). The van der Waals surface area contributed by atoms with Gasteiger partial charge in [-0.15, -0.1) is 0 Å². The first-order valence-electron chi connectivity index (χ1n) is 8.67. The van der Waals surface area contributed by atoms with Crippen molar-refractivity contribution in [2.75, 3.05) is 12.4 Å². The van der Waals surface area contributed by atoms with Crippen LogP contribution in [0.25, 0.3) is 0 Å². The molecule has 0 heterocycles. The number of hydrogen-bond acceptors (Lipinski definition) is 6. The van der Waals surface area contributed by atoms with Gasteiger partial charge in [-0.3, -0.25) is 14.9 Å². The number of nitro groups is 1. The van der Waals surface area contributed by atoms with Crippen LogP contribution in [-0.4, -0.2) is 30.0 Å². The molecule has 0 fully saturated rings. The molecule has 0 bridgehead atoms. The van der Waals surface area contributed by atoms with Crippen LogP contribution < -0.4 is 10.1 Å². The maximum Gasteiger partial charge on any atom is 0.342 e. The van der Waals surface area contributed by atoms with Gasteiger partial charge >= 0.3 is 5.97 Å². The van der Waals surface area contributed by atoms with Crippen molar-refractivity contribution in [2.24, 2.45) is 0 Å². The molecule has 2 aromatic carbocycles. The molecule has 0 aliphatic rings. The molecule has 0 saturated heterocycles. The molecule has 28 heavy (non-hydrogen) atoms. The largest absolute Gasteiger partial charge is 0.496 e. The molecule has 148 valence electrons. The second kappa shape index (κ2) is 8.98. The summed E-state index contributed by atoms with van der Waals surface area (Å²) in [6.45, 7) is 5.43. The summed E-state index contributed by atoms with van der Waals surface area (Å²) < 4.78 is 10.3. The maximum atomic E-state index is 12.5. The van der Waals surface area contributed by atoms with Crippen molar-refractivity contribution in [1.29, 1.82) is 0 Å². The lowest BCUT2D eigenvalue weighted by molar-refractivity contribution is -0.384. The molecule has 2 aromatic rings. The number of nitro benzene ring substituents is 1. The monoisotopic (exact) mass is 386 g/mol. The van der Waals surface area contributed by atoms with Crippen LogP contribution in [0.2, 0.25) is 0 Å². The lowest BCUT2D eigenvalue weighted by Gasteiger charge is -2.17. The highest BCUT2D eigenvalue weighted by Gasteiger charge is 2.24. The summed E-state index contributed by atoms with van der Waals surface area (Å²) >= 11 is 0. The number of hydrogen-bond donors (Lipinski definition) is 1. The fourth-order valence-electron chi connectivity index (χ4n) is 2.60. The molecule has 8 nitrogen and oxygen atoms in total. The molecule has 0 aromatic heterocycles. The molecule has 0 radical (unpaired) electrons. The number of esters is 1. The lowest BCUT2D eigenvalue weighted by Crippen LogP contribution is -2.30. The van der Waals surface area contributed by atoms with Crippen molar-refractivity contribution in [1.82, 2.24) is 0 Å². The van der Waals surface area contributed by atoms with Gasteiger partial charge in [-0.25, -0.2) is 4.79 Å². The Bertz CT molecular complexity index is 894. The van der Waals surface area contributed by atoms with Crippen LogP contribution in [0.5, 0.6) is 5.75 Å². The zero-order valence-electron chi connectivity index (χ0n) is 16.1. The summed E-state index contributed by atoms with van der Waals surface area (Å²) in [4.78, 5) is 35.2. The summed E-state index contributed by atoms with van der Waals surface area (Å²) in [5.74, 6) is -1.08. The van der Waals surface area contributed by atoms with E-state index in [4.69, 9.17) is 9.47 Å². The maximum absolute atomic E-state index is 12.5. The van der Waals surface area contributed by atoms with Gasteiger partial charge in [0.1, 0.15) is 11.3 Å². The first-order chi connectivity index (χ1) is 13.2. The molecule has 1 atom stereocenters. The second-order valence-electron chi connectivity index (χ2n) is 6.42. The molecule has 0 spiro atoms. The van der Waals surface area contributed by atoms with Gasteiger partial charge in [0.15, 0.2) is 6.10 Å². The van der Waals surface area contributed by atoms with Crippen LogP contribution in [0.4, 0.5) is 11.4 Å². The van der Waals surface area contributed by atoms with Crippen molar-refractivity contribution in [3.8, 4) is 5.75 Å². The Morgan fingerprint density at radius 3 is 2.39 bits per heavy atom. The van der Waals surface area contributed by atoms with E-state index in [0.29, 0.717) is 5.69 Å². The summed E-state index contributed by atoms with van der Waals surface area (Å²) in [6.07, 6.45) is -1.11. The van der Waals surface area contributed by atoms with Gasteiger partial charge in [0, 0.05) is 17.8 Å². The standard InChI is InChI=1S/C20H22N2O6/c1-12(2)15-7-5-6-8-17(15)21-19(23)13(3)28-20(24)16-11-14(22(25)26)9-10-18(16)27-4/h5-13H,1-4H3,(H,21,23)/t13-/m0/s1. The number of anilines is 1. The van der Waals surface area contributed by atoms with Crippen molar-refractivity contribution in [2.45, 2.75) is 32.8 Å². The van der Waals surface area contributed by atoms with Gasteiger partial charge in [0.25, 0.3) is 11.6 Å². The topological polar surface area (TPSA) is 108 Å². The van der Waals surface area contributed by atoms with E-state index in [0.717, 1.165) is 11.6 Å². The smallest absolute Gasteiger partial charge is 0.342 e. The fraction of sp³-hybridized carbons (Fsp3) is 0.300. The molecular formula is C20H22N2O6. The van der Waals surface area contributed by atoms with Gasteiger partial charge < -0.3 is 14.8 Å². The summed E-state index contributed by atoms with van der Waals surface area (Å²) in [7, 11) is 1.33. The lowest BCUT2D eigenvalue weighted by atomic mass is 10.0. The molecular weight excluding hydrogens is 364 g/mol. The minimum Gasteiger partial charge on any atom is -0.496 e. The molecule has 0 unspecified atom stereocenters. The first kappa shape index (κ1) is 20.9. The van der Waals surface area contributed by atoms with Crippen LogP contribution in [0, 0.1) is 10.1 Å². The first-order valence-corrected chi connectivity index (χ1v) is 8.67. The number of amides is 1. The van der Waals surface area contributed by atoms with E-state index < -0.39 is 22.9 Å². The van der Waals surface area contributed by atoms with Gasteiger partial charge in [-0.2, -0.15) is 0 Å². The zero-order chi connectivity index (χ0) is 20.8. The van der Waals surface area contributed by atoms with Crippen LogP contribution in [0.15, 0.2) is 42.5 Å². The van der Waals surface area contributed by atoms with Crippen molar-refractivity contribution in [3.05, 3.63) is 63.7 Å². The summed E-state index contributed by atoms with van der Waals surface area (Å²) in [5.41, 5.74) is 1.18. The molecule has 0 aliphatic carbocycles. The van der Waals surface area contributed by atoms with E-state index in [-0.39, 0.29) is 22.9 Å². The average molecular weight is 386 g/mol. The van der Waals surface area contributed by atoms with Gasteiger partial charge in [-0.05, 0) is 30.5 Å². The predicted molar refractivity (Wildman–Crippen MR) is 104 cm³/mol. The second-order valence-corrected chi connectivity index (χ2v) is 6.42. The minimum atomic E-state index is -1.11. The number of nitrogens with zero attached hydrogens (tertiary/aromatic N) is 1. The average Bonchev–Trinajstić information content (AvgIpc) is 2.67. The molecule has 8 heteroatoms. The van der Waals surface area contributed by atoms with E-state index in [1.54, 1.807) is 12.1 Å². The Labute approximate surface area is 162 Å². The van der Waals surface area contributed by atoms with Crippen LogP contribution >= 0.6 is 0 Å². The van der Waals surface area contributed by atoms with Crippen molar-refractivity contribution >= 4 is 23.3 Å². The number of para-hydroxylation sites is 1. The number of methoxy groups -OCH3 is 1. The normalized spacial score (nSPS) is 11.6. The number of nitrogens with one attached hydrogen (secondary N) is 1. The van der Waals surface area contributed by atoms with Crippen LogP contribution in [-0.2, 0) is 9.53 Å². The van der Waals surface area contributed by atoms with Crippen LogP contribution in [0.3, 0.4) is 0 Å². The quantitative estimate of drug-likeness (QED) is 0.439. The van der Waals surface area contributed by atoms with E-state index in [1.165, 1.54) is 26.2 Å². The van der Waals surface area contributed by atoms with E-state index >= 15 is 0 Å². The molecule has 0 saturated carbocycles. The van der Waals surface area contributed by atoms with Gasteiger partial charge in [-0.1, -0.05) is 32.0 Å². The zero-order valence-corrected chi connectivity index (χ0v) is 16.1. The van der Waals surface area contributed by atoms with Gasteiger partial charge in [0.2, 0.25) is 0 Å². The Hall–Kier alpha value is -3.42.